The molecule has 4 unspecified atom stereocenters. The van der Waals surface area contributed by atoms with Crippen molar-refractivity contribution in [2.45, 2.75) is 58.4 Å². The van der Waals surface area contributed by atoms with Gasteiger partial charge >= 0.3 is 11.9 Å². The van der Waals surface area contributed by atoms with Gasteiger partial charge in [-0.25, -0.2) is 4.79 Å². The number of ether oxygens (including phenoxy) is 2. The molecule has 11 heteroatoms. The molecule has 2 saturated heterocycles. The number of carbonyl (C=O) groups excluding carboxylic acids is 4. The van der Waals surface area contributed by atoms with E-state index < -0.39 is 36.2 Å². The Bertz CT molecular complexity index is 867. The summed E-state index contributed by atoms with van der Waals surface area (Å²) in [4.78, 5) is 53.5. The highest BCUT2D eigenvalue weighted by molar-refractivity contribution is 8.03. The third-order valence-corrected chi connectivity index (χ3v) is 7.80. The molecule has 3 aliphatic heterocycles. The molecule has 3 rings (SSSR count). The average Bonchev–Trinajstić information content (AvgIpc) is 3.28. The Hall–Kier alpha value is -2.11. The molecule has 0 aromatic rings. The second-order valence-corrected chi connectivity index (χ2v) is 11.1. The van der Waals surface area contributed by atoms with E-state index >= 15 is 0 Å². The van der Waals surface area contributed by atoms with Gasteiger partial charge in [-0.2, -0.15) is 0 Å². The predicted molar refractivity (Wildman–Crippen MR) is 120 cm³/mol. The van der Waals surface area contributed by atoms with Gasteiger partial charge in [0.25, 0.3) is 0 Å². The second-order valence-electron chi connectivity index (χ2n) is 9.77. The van der Waals surface area contributed by atoms with Gasteiger partial charge in [0.15, 0.2) is 0 Å². The molecule has 3 aliphatic rings. The van der Waals surface area contributed by atoms with E-state index in [1.807, 2.05) is 6.92 Å². The van der Waals surface area contributed by atoms with Crippen LogP contribution in [-0.2, 0) is 28.7 Å². The quantitative estimate of drug-likeness (QED) is 0.300. The first-order valence-corrected chi connectivity index (χ1v) is 12.0. The number of aliphatic hydroxyl groups is 1. The largest absolute Gasteiger partial charge is 0.427 e. The summed E-state index contributed by atoms with van der Waals surface area (Å²) in [6.07, 6.45) is -0.115. The number of aliphatic hydroxyl groups excluding tert-OH is 1. The Kier molecular flexibility index (Phi) is 7.45. The number of amides is 2. The van der Waals surface area contributed by atoms with Crippen molar-refractivity contribution in [3.8, 4) is 0 Å². The molecule has 184 valence electrons. The van der Waals surface area contributed by atoms with Crippen LogP contribution in [0.4, 0.5) is 0 Å². The maximum Gasteiger partial charge on any atom is 0.358 e. The van der Waals surface area contributed by atoms with E-state index in [0.717, 1.165) is 6.42 Å². The van der Waals surface area contributed by atoms with E-state index in [1.165, 1.54) is 16.7 Å². The molecule has 0 radical (unpaired) electrons. The first kappa shape index (κ1) is 25.5. The lowest BCUT2D eigenvalue weighted by molar-refractivity contribution is -0.175. The van der Waals surface area contributed by atoms with E-state index in [4.69, 9.17) is 15.2 Å². The molecular formula is C22H33N3O7S. The Morgan fingerprint density at radius 1 is 1.27 bits per heavy atom. The molecule has 10 nitrogen and oxygen atoms in total. The van der Waals surface area contributed by atoms with Crippen molar-refractivity contribution in [2.24, 2.45) is 23.0 Å². The van der Waals surface area contributed by atoms with E-state index in [0.29, 0.717) is 18.0 Å². The van der Waals surface area contributed by atoms with Crippen LogP contribution in [-0.4, -0.2) is 82.5 Å². The third kappa shape index (κ3) is 4.90. The lowest BCUT2D eigenvalue weighted by Crippen LogP contribution is -2.63. The van der Waals surface area contributed by atoms with Crippen molar-refractivity contribution >= 4 is 35.5 Å². The minimum absolute atomic E-state index is 0.0401. The van der Waals surface area contributed by atoms with Crippen LogP contribution in [0.5, 0.6) is 0 Å². The van der Waals surface area contributed by atoms with Gasteiger partial charge < -0.3 is 30.1 Å². The fourth-order valence-electron chi connectivity index (χ4n) is 4.45. The summed E-state index contributed by atoms with van der Waals surface area (Å²) in [6, 6.07) is -0.345. The van der Waals surface area contributed by atoms with Crippen LogP contribution >= 0.6 is 11.8 Å². The summed E-state index contributed by atoms with van der Waals surface area (Å²) in [7, 11) is 0. The Labute approximate surface area is 197 Å². The van der Waals surface area contributed by atoms with Gasteiger partial charge in [0.1, 0.15) is 5.70 Å². The van der Waals surface area contributed by atoms with Gasteiger partial charge in [0.05, 0.1) is 30.0 Å². The SMILES string of the molecule is CC(O)C1C(=O)N2C(C(=O)OCOC(=O)C(C)(C)C)=C(SC3CCN(C(=O)CN)C3)C(C)[C@H]12. The molecule has 3 heterocycles. The molecular weight excluding hydrogens is 450 g/mol. The number of likely N-dealkylation sites (tertiary alicyclic amines) is 1. The van der Waals surface area contributed by atoms with Gasteiger partial charge in [-0.3, -0.25) is 14.4 Å². The lowest BCUT2D eigenvalue weighted by atomic mass is 9.79. The number of esters is 2. The van der Waals surface area contributed by atoms with Crippen molar-refractivity contribution < 1.29 is 33.8 Å². The van der Waals surface area contributed by atoms with Crippen molar-refractivity contribution in [1.82, 2.24) is 9.80 Å². The van der Waals surface area contributed by atoms with Crippen LogP contribution in [0, 0.1) is 17.3 Å². The number of nitrogens with two attached hydrogens (primary N) is 1. The molecule has 33 heavy (non-hydrogen) atoms. The zero-order valence-corrected chi connectivity index (χ0v) is 20.5. The van der Waals surface area contributed by atoms with Gasteiger partial charge in [0, 0.05) is 29.2 Å². The first-order valence-electron chi connectivity index (χ1n) is 11.1. The lowest BCUT2D eigenvalue weighted by Gasteiger charge is -2.46. The summed E-state index contributed by atoms with van der Waals surface area (Å²) < 4.78 is 10.3. The zero-order chi connectivity index (χ0) is 24.7. The summed E-state index contributed by atoms with van der Waals surface area (Å²) in [5.41, 5.74) is 4.86. The number of carbonyl (C=O) groups is 4. The molecule has 0 aromatic heterocycles. The van der Waals surface area contributed by atoms with E-state index in [-0.39, 0.29) is 41.3 Å². The van der Waals surface area contributed by atoms with Crippen LogP contribution in [0.2, 0.25) is 0 Å². The fourth-order valence-corrected chi connectivity index (χ4v) is 5.93. The zero-order valence-electron chi connectivity index (χ0n) is 19.7. The van der Waals surface area contributed by atoms with Crippen molar-refractivity contribution in [2.75, 3.05) is 26.4 Å². The molecule has 2 fully saturated rings. The van der Waals surface area contributed by atoms with Crippen molar-refractivity contribution in [3.63, 3.8) is 0 Å². The van der Waals surface area contributed by atoms with E-state index in [9.17, 15) is 24.3 Å². The van der Waals surface area contributed by atoms with Crippen LogP contribution < -0.4 is 5.73 Å². The highest BCUT2D eigenvalue weighted by Crippen LogP contribution is 2.52. The average molecular weight is 484 g/mol. The van der Waals surface area contributed by atoms with Gasteiger partial charge in [-0.15, -0.1) is 11.8 Å². The van der Waals surface area contributed by atoms with Crippen molar-refractivity contribution in [1.29, 1.82) is 0 Å². The predicted octanol–water partition coefficient (Wildman–Crippen LogP) is 0.438. The molecule has 3 N–H and O–H groups in total. The van der Waals surface area contributed by atoms with Gasteiger partial charge in [-0.1, -0.05) is 6.92 Å². The van der Waals surface area contributed by atoms with Gasteiger partial charge in [-0.05, 0) is 34.1 Å². The minimum Gasteiger partial charge on any atom is -0.427 e. The minimum atomic E-state index is -0.847. The smallest absolute Gasteiger partial charge is 0.358 e. The molecule has 0 spiro atoms. The number of thioether (sulfide) groups is 1. The number of rotatable bonds is 7. The molecule has 0 aliphatic carbocycles. The summed E-state index contributed by atoms with van der Waals surface area (Å²) in [5.74, 6) is -2.51. The van der Waals surface area contributed by atoms with Crippen LogP contribution in [0.15, 0.2) is 10.6 Å². The number of β-lactam (4-membered cyclic amide) rings is 1. The van der Waals surface area contributed by atoms with Gasteiger partial charge in [0.2, 0.25) is 18.6 Å². The molecule has 0 aromatic carbocycles. The molecule has 5 atom stereocenters. The standard InChI is InChI=1S/C22H33N3O7S/c1-11-16-15(12(2)26)19(28)25(16)17(20(29)31-10-32-21(30)22(3,4)5)18(11)33-13-6-7-24(9-13)14(27)8-23/h11-13,15-16,26H,6-10,23H2,1-5H3/t11?,12?,13?,15?,16-/m1/s1. The normalized spacial score (nSPS) is 27.9. The van der Waals surface area contributed by atoms with E-state index in [1.54, 1.807) is 32.6 Å². The summed E-state index contributed by atoms with van der Waals surface area (Å²) in [5, 5.41) is 10.1. The van der Waals surface area contributed by atoms with Crippen LogP contribution in [0.25, 0.3) is 0 Å². The number of nitrogens with zero attached hydrogens (tertiary/aromatic N) is 2. The molecule has 2 amide bonds. The second kappa shape index (κ2) is 9.63. The number of hydrogen-bond acceptors (Lipinski definition) is 9. The highest BCUT2D eigenvalue weighted by atomic mass is 32.2. The fraction of sp³-hybridized carbons (Fsp3) is 0.727. The molecule has 0 saturated carbocycles. The maximum atomic E-state index is 13.0. The monoisotopic (exact) mass is 483 g/mol. The summed E-state index contributed by atoms with van der Waals surface area (Å²) >= 11 is 1.46. The molecule has 0 bridgehead atoms. The third-order valence-electron chi connectivity index (χ3n) is 6.26. The summed E-state index contributed by atoms with van der Waals surface area (Å²) in [6.45, 7) is 9.02. The Balaban J connectivity index is 1.78. The Morgan fingerprint density at radius 2 is 1.94 bits per heavy atom. The van der Waals surface area contributed by atoms with Crippen molar-refractivity contribution in [3.05, 3.63) is 10.6 Å². The maximum absolute atomic E-state index is 13.0. The van der Waals surface area contributed by atoms with Crippen LogP contribution in [0.3, 0.4) is 0 Å². The Morgan fingerprint density at radius 3 is 2.52 bits per heavy atom. The van der Waals surface area contributed by atoms with E-state index in [2.05, 4.69) is 0 Å². The topological polar surface area (TPSA) is 139 Å². The number of fused-ring (bicyclic) bond motifs is 1. The number of hydrogen-bond donors (Lipinski definition) is 2. The van der Waals surface area contributed by atoms with Crippen LogP contribution in [0.1, 0.15) is 41.0 Å². The highest BCUT2D eigenvalue weighted by Gasteiger charge is 2.60. The first-order chi connectivity index (χ1) is 15.4.